The van der Waals surface area contributed by atoms with Gasteiger partial charge in [0.1, 0.15) is 11.6 Å². The normalized spacial score (nSPS) is 12.0. The van der Waals surface area contributed by atoms with Gasteiger partial charge in [0.15, 0.2) is 0 Å². The van der Waals surface area contributed by atoms with Gasteiger partial charge < -0.3 is 4.74 Å². The molecule has 0 spiro atoms. The smallest absolute Gasteiger partial charge is 0.263 e. The van der Waals surface area contributed by atoms with E-state index in [1.165, 1.54) is 0 Å². The molecular formula is C18H24N2O3S. The Hall–Kier alpha value is -2.08. The molecule has 0 radical (unpaired) electrons. The van der Waals surface area contributed by atoms with Crippen molar-refractivity contribution in [2.24, 2.45) is 0 Å². The van der Waals surface area contributed by atoms with Crippen LogP contribution >= 0.6 is 0 Å². The zero-order valence-electron chi connectivity index (χ0n) is 14.8. The topological polar surface area (TPSA) is 68.3 Å². The van der Waals surface area contributed by atoms with Crippen molar-refractivity contribution in [1.29, 1.82) is 0 Å². The molecule has 0 aliphatic carbocycles. The highest BCUT2D eigenvalue weighted by Crippen LogP contribution is 2.33. The molecule has 1 aromatic heterocycles. The van der Waals surface area contributed by atoms with Crippen LogP contribution < -0.4 is 9.46 Å². The maximum Gasteiger partial charge on any atom is 0.263 e. The van der Waals surface area contributed by atoms with Crippen LogP contribution in [0, 0.1) is 6.92 Å². The van der Waals surface area contributed by atoms with Gasteiger partial charge in [0, 0.05) is 11.8 Å². The molecule has 24 heavy (non-hydrogen) atoms. The Kier molecular flexibility index (Phi) is 5.18. The predicted octanol–water partition coefficient (Wildman–Crippen LogP) is 3.89. The lowest BCUT2D eigenvalue weighted by molar-refractivity contribution is 0.329. The third-order valence-electron chi connectivity index (χ3n) is 3.52. The predicted molar refractivity (Wildman–Crippen MR) is 96.1 cm³/mol. The molecule has 0 aliphatic heterocycles. The summed E-state index contributed by atoms with van der Waals surface area (Å²) >= 11 is 0. The summed E-state index contributed by atoms with van der Waals surface area (Å²) < 4.78 is 33.5. The summed E-state index contributed by atoms with van der Waals surface area (Å²) in [6.45, 7) is 10.4. The number of benzene rings is 1. The van der Waals surface area contributed by atoms with E-state index in [9.17, 15) is 8.42 Å². The molecule has 0 saturated heterocycles. The van der Waals surface area contributed by atoms with E-state index in [2.05, 4.69) is 9.71 Å². The molecule has 0 saturated carbocycles. The molecule has 5 nitrogen and oxygen atoms in total. The zero-order chi connectivity index (χ0) is 18.0. The van der Waals surface area contributed by atoms with Crippen molar-refractivity contribution in [1.82, 2.24) is 4.98 Å². The number of aryl methyl sites for hydroxylation is 1. The number of aromatic nitrogens is 1. The minimum atomic E-state index is -3.71. The van der Waals surface area contributed by atoms with Gasteiger partial charge in [-0.2, -0.15) is 0 Å². The van der Waals surface area contributed by atoms with E-state index in [1.807, 2.05) is 40.7 Å². The van der Waals surface area contributed by atoms with E-state index >= 15 is 0 Å². The van der Waals surface area contributed by atoms with Crippen molar-refractivity contribution >= 4 is 15.8 Å². The highest BCUT2D eigenvalue weighted by molar-refractivity contribution is 7.92. The van der Waals surface area contributed by atoms with E-state index < -0.39 is 10.0 Å². The second-order valence-electron chi connectivity index (χ2n) is 6.66. The van der Waals surface area contributed by atoms with Crippen LogP contribution in [0.2, 0.25) is 0 Å². The molecule has 0 amide bonds. The summed E-state index contributed by atoms with van der Waals surface area (Å²) in [4.78, 5) is 4.25. The summed E-state index contributed by atoms with van der Waals surface area (Å²) in [6.07, 6.45) is 1.58. The Labute approximate surface area is 144 Å². The number of anilines is 1. The average molecular weight is 348 g/mol. The Morgan fingerprint density at radius 1 is 1.17 bits per heavy atom. The largest absolute Gasteiger partial charge is 0.494 e. The van der Waals surface area contributed by atoms with E-state index in [4.69, 9.17) is 4.74 Å². The van der Waals surface area contributed by atoms with Crippen molar-refractivity contribution in [2.75, 3.05) is 11.3 Å². The Bertz CT molecular complexity index is 824. The van der Waals surface area contributed by atoms with Gasteiger partial charge in [-0.15, -0.1) is 0 Å². The molecule has 0 aliphatic rings. The van der Waals surface area contributed by atoms with E-state index in [0.29, 0.717) is 18.2 Å². The van der Waals surface area contributed by atoms with Gasteiger partial charge in [0.2, 0.25) is 0 Å². The Balaban J connectivity index is 2.43. The molecule has 1 aromatic carbocycles. The number of sulfonamides is 1. The fourth-order valence-corrected chi connectivity index (χ4v) is 3.36. The number of hydrogen-bond acceptors (Lipinski definition) is 4. The number of nitrogens with one attached hydrogen (secondary N) is 1. The molecule has 6 heteroatoms. The first kappa shape index (κ1) is 18.3. The lowest BCUT2D eigenvalue weighted by Crippen LogP contribution is -2.18. The monoisotopic (exact) mass is 348 g/mol. The van der Waals surface area contributed by atoms with Crippen LogP contribution in [0.3, 0.4) is 0 Å². The average Bonchev–Trinajstić information content (AvgIpc) is 2.46. The standard InChI is InChI=1S/C18H24N2O3S/c1-6-23-16-8-7-14(12-15(16)18(3,4)5)24(21,22)20-17-11-13(2)9-10-19-17/h7-12H,6H2,1-5H3,(H,19,20). The molecule has 0 atom stereocenters. The molecule has 0 bridgehead atoms. The minimum Gasteiger partial charge on any atom is -0.494 e. The highest BCUT2D eigenvalue weighted by Gasteiger charge is 2.23. The highest BCUT2D eigenvalue weighted by atomic mass is 32.2. The van der Waals surface area contributed by atoms with Gasteiger partial charge in [0.05, 0.1) is 11.5 Å². The van der Waals surface area contributed by atoms with E-state index in [0.717, 1.165) is 11.1 Å². The summed E-state index contributed by atoms with van der Waals surface area (Å²) in [5, 5.41) is 0. The molecule has 1 N–H and O–H groups in total. The first-order valence-corrected chi connectivity index (χ1v) is 9.34. The first-order chi connectivity index (χ1) is 11.1. The van der Waals surface area contributed by atoms with Crippen molar-refractivity contribution in [3.8, 4) is 5.75 Å². The van der Waals surface area contributed by atoms with Gasteiger partial charge in [0.25, 0.3) is 10.0 Å². The summed E-state index contributed by atoms with van der Waals surface area (Å²) in [7, 11) is -3.71. The Morgan fingerprint density at radius 3 is 2.46 bits per heavy atom. The van der Waals surface area contributed by atoms with Crippen LogP contribution in [0.5, 0.6) is 5.75 Å². The van der Waals surface area contributed by atoms with Gasteiger partial charge in [-0.25, -0.2) is 13.4 Å². The van der Waals surface area contributed by atoms with Gasteiger partial charge in [-0.1, -0.05) is 20.8 Å². The van der Waals surface area contributed by atoms with E-state index in [-0.39, 0.29) is 10.3 Å². The molecule has 130 valence electrons. The van der Waals surface area contributed by atoms with E-state index in [1.54, 1.807) is 30.5 Å². The summed E-state index contributed by atoms with van der Waals surface area (Å²) in [5.41, 5.74) is 1.55. The van der Waals surface area contributed by atoms with Crippen LogP contribution in [0.15, 0.2) is 41.4 Å². The SMILES string of the molecule is CCOc1ccc(S(=O)(=O)Nc2cc(C)ccn2)cc1C(C)(C)C. The third-order valence-corrected chi connectivity index (χ3v) is 4.88. The second kappa shape index (κ2) is 6.81. The molecular weight excluding hydrogens is 324 g/mol. The van der Waals surface area contributed by atoms with Crippen molar-refractivity contribution in [3.05, 3.63) is 47.7 Å². The second-order valence-corrected chi connectivity index (χ2v) is 8.35. The van der Waals surface area contributed by atoms with Crippen LogP contribution in [0.25, 0.3) is 0 Å². The van der Waals surface area contributed by atoms with Gasteiger partial charge in [-0.3, -0.25) is 4.72 Å². The number of nitrogens with zero attached hydrogens (tertiary/aromatic N) is 1. The molecule has 2 rings (SSSR count). The number of pyridine rings is 1. The zero-order valence-corrected chi connectivity index (χ0v) is 15.6. The third kappa shape index (κ3) is 4.26. The van der Waals surface area contributed by atoms with Crippen LogP contribution in [-0.2, 0) is 15.4 Å². The van der Waals surface area contributed by atoms with Crippen LogP contribution in [-0.4, -0.2) is 20.0 Å². The minimum absolute atomic E-state index is 0.194. The summed E-state index contributed by atoms with van der Waals surface area (Å²) in [5.74, 6) is 1.01. The maximum absolute atomic E-state index is 12.7. The lowest BCUT2D eigenvalue weighted by atomic mass is 9.86. The molecule has 0 unspecified atom stereocenters. The van der Waals surface area contributed by atoms with Crippen LogP contribution in [0.4, 0.5) is 5.82 Å². The maximum atomic E-state index is 12.7. The molecule has 0 fully saturated rings. The first-order valence-electron chi connectivity index (χ1n) is 7.86. The molecule has 1 heterocycles. The lowest BCUT2D eigenvalue weighted by Gasteiger charge is -2.23. The van der Waals surface area contributed by atoms with Crippen molar-refractivity contribution in [3.63, 3.8) is 0 Å². The van der Waals surface area contributed by atoms with Crippen molar-refractivity contribution < 1.29 is 13.2 Å². The molecule has 2 aromatic rings. The Morgan fingerprint density at radius 2 is 1.88 bits per heavy atom. The van der Waals surface area contributed by atoms with Gasteiger partial charge in [-0.05, 0) is 55.2 Å². The van der Waals surface area contributed by atoms with Crippen LogP contribution in [0.1, 0.15) is 38.8 Å². The number of hydrogen-bond donors (Lipinski definition) is 1. The number of ether oxygens (including phenoxy) is 1. The number of rotatable bonds is 5. The quantitative estimate of drug-likeness (QED) is 0.890. The van der Waals surface area contributed by atoms with Gasteiger partial charge >= 0.3 is 0 Å². The fraction of sp³-hybridized carbons (Fsp3) is 0.389. The van der Waals surface area contributed by atoms with Crippen molar-refractivity contribution in [2.45, 2.75) is 44.9 Å². The fourth-order valence-electron chi connectivity index (χ4n) is 2.33. The summed E-state index contributed by atoms with van der Waals surface area (Å²) in [6, 6.07) is 8.44.